The first-order valence-corrected chi connectivity index (χ1v) is 8.71. The Labute approximate surface area is 168 Å². The fourth-order valence-electron chi connectivity index (χ4n) is 2.53. The number of aliphatic imine (C=N–C) groups is 1. The zero-order chi connectivity index (χ0) is 21.0. The summed E-state index contributed by atoms with van der Waals surface area (Å²) in [5.74, 6) is 0.308. The van der Waals surface area contributed by atoms with E-state index in [1.165, 1.54) is 18.2 Å². The Hall–Kier alpha value is -3.75. The molecule has 3 aromatic carbocycles. The minimum absolute atomic E-state index is 0.107. The van der Waals surface area contributed by atoms with E-state index in [9.17, 15) is 10.4 Å². The smallest absolute Gasteiger partial charge is 0.177 e. The van der Waals surface area contributed by atoms with Crippen LogP contribution < -0.4 is 25.9 Å². The van der Waals surface area contributed by atoms with Gasteiger partial charge in [0, 0.05) is 6.07 Å². The predicted molar refractivity (Wildman–Crippen MR) is 115 cm³/mol. The molecule has 150 valence electrons. The first-order valence-electron chi connectivity index (χ1n) is 8.71. The molecule has 0 aliphatic carbocycles. The van der Waals surface area contributed by atoms with Gasteiger partial charge in [0.25, 0.3) is 0 Å². The number of rotatable bonds is 7. The maximum Gasteiger partial charge on any atom is 0.177 e. The molecule has 0 aliphatic heterocycles. The van der Waals surface area contributed by atoms with Gasteiger partial charge in [-0.25, -0.2) is 0 Å². The topological polar surface area (TPSA) is 109 Å². The Balaban J connectivity index is 1.72. The molecule has 0 saturated heterocycles. The number of aryl methyl sites for hydroxylation is 2. The third-order valence-corrected chi connectivity index (χ3v) is 4.09. The summed E-state index contributed by atoms with van der Waals surface area (Å²) < 4.78 is 0. The Kier molecular flexibility index (Phi) is 5.87. The number of nitrogens with two attached hydrogens (primary N) is 1. The zero-order valence-electron chi connectivity index (χ0n) is 16.0. The van der Waals surface area contributed by atoms with Gasteiger partial charge in [0.05, 0.1) is 22.7 Å². The average Bonchev–Trinajstić information content (AvgIpc) is 2.70. The van der Waals surface area contributed by atoms with E-state index >= 15 is 0 Å². The van der Waals surface area contributed by atoms with E-state index in [2.05, 4.69) is 11.7 Å². The van der Waals surface area contributed by atoms with Gasteiger partial charge in [-0.2, -0.15) is 0 Å². The van der Waals surface area contributed by atoms with Crippen LogP contribution in [0.15, 0.2) is 65.7 Å². The van der Waals surface area contributed by atoms with Crippen LogP contribution in [0.1, 0.15) is 11.1 Å². The van der Waals surface area contributed by atoms with E-state index in [0.29, 0.717) is 21.8 Å². The molecule has 0 spiro atoms. The summed E-state index contributed by atoms with van der Waals surface area (Å²) in [4.78, 5) is 14.4. The van der Waals surface area contributed by atoms with Crippen molar-refractivity contribution in [2.45, 2.75) is 13.8 Å². The molecule has 0 unspecified atom stereocenters. The second-order valence-electron chi connectivity index (χ2n) is 6.38. The van der Waals surface area contributed by atoms with E-state index in [1.54, 1.807) is 42.5 Å². The largest absolute Gasteiger partial charge is 0.724 e. The molecule has 0 aliphatic rings. The highest BCUT2D eigenvalue weighted by Crippen LogP contribution is 2.33. The Bertz CT molecular complexity index is 1010. The molecule has 2 N–H and O–H groups in total. The van der Waals surface area contributed by atoms with Crippen molar-refractivity contribution in [3.05, 3.63) is 82.2 Å². The van der Waals surface area contributed by atoms with Crippen molar-refractivity contribution < 1.29 is 9.68 Å². The average molecular weight is 392 g/mol. The van der Waals surface area contributed by atoms with Gasteiger partial charge >= 0.3 is 0 Å². The first-order chi connectivity index (χ1) is 13.9. The summed E-state index contributed by atoms with van der Waals surface area (Å²) in [7, 11) is 0. The van der Waals surface area contributed by atoms with Crippen LogP contribution >= 0.6 is 0 Å². The predicted octanol–water partition coefficient (Wildman–Crippen LogP) is 4.81. The SMILES string of the molecule is C=Nc1cc(C)ccc1N([O-])Oc1ccc(ON([O-])c2ccc(C)cc2)cc1N. The molecule has 29 heavy (non-hydrogen) atoms. The molecule has 8 nitrogen and oxygen atoms in total. The van der Waals surface area contributed by atoms with Gasteiger partial charge in [-0.3, -0.25) is 15.4 Å². The number of hydrogen-bond acceptors (Lipinski definition) is 8. The van der Waals surface area contributed by atoms with Gasteiger partial charge in [0.15, 0.2) is 11.5 Å². The standard InChI is InChI=1S/C21H20N4O4/c1-14-4-7-16(8-5-14)24(26)28-17-9-11-21(18(22)13-17)29-25(27)20-10-6-15(2)12-19(20)23-3/h4-13H,3,22H2,1-2H3/q-2. The first kappa shape index (κ1) is 20.0. The maximum absolute atomic E-state index is 12.4. The third-order valence-electron chi connectivity index (χ3n) is 4.09. The summed E-state index contributed by atoms with van der Waals surface area (Å²) in [6, 6.07) is 16.2. The molecule has 0 heterocycles. The highest BCUT2D eigenvalue weighted by Gasteiger charge is 2.09. The van der Waals surface area contributed by atoms with Crippen molar-refractivity contribution in [3.63, 3.8) is 0 Å². The van der Waals surface area contributed by atoms with E-state index in [-0.39, 0.29) is 22.9 Å². The highest BCUT2D eigenvalue weighted by atomic mass is 16.9. The minimum atomic E-state index is 0.107. The second kappa shape index (κ2) is 8.51. The van der Waals surface area contributed by atoms with Crippen molar-refractivity contribution >= 4 is 29.5 Å². The lowest BCUT2D eigenvalue weighted by atomic mass is 10.2. The molecule has 3 aromatic rings. The molecular weight excluding hydrogens is 372 g/mol. The molecular formula is C21H20N4O4-2. The van der Waals surface area contributed by atoms with Gasteiger partial charge in [-0.05, 0) is 62.5 Å². The van der Waals surface area contributed by atoms with Crippen molar-refractivity contribution in [1.29, 1.82) is 0 Å². The summed E-state index contributed by atoms with van der Waals surface area (Å²) in [6.07, 6.45) is 0. The molecule has 0 amide bonds. The minimum Gasteiger partial charge on any atom is -0.724 e. The molecule has 0 atom stereocenters. The van der Waals surface area contributed by atoms with Crippen LogP contribution in [0.25, 0.3) is 0 Å². The van der Waals surface area contributed by atoms with Crippen molar-refractivity contribution in [3.8, 4) is 11.5 Å². The van der Waals surface area contributed by atoms with Crippen LogP contribution in [0, 0.1) is 24.3 Å². The van der Waals surface area contributed by atoms with Gasteiger partial charge in [0.1, 0.15) is 0 Å². The lowest BCUT2D eigenvalue weighted by Gasteiger charge is -2.31. The monoisotopic (exact) mass is 392 g/mol. The lowest BCUT2D eigenvalue weighted by molar-refractivity contribution is 0.312. The van der Waals surface area contributed by atoms with E-state index in [1.807, 2.05) is 13.8 Å². The quantitative estimate of drug-likeness (QED) is 0.349. The van der Waals surface area contributed by atoms with Crippen LogP contribution in [0.5, 0.6) is 11.5 Å². The van der Waals surface area contributed by atoms with Gasteiger partial charge in [0.2, 0.25) is 0 Å². The van der Waals surface area contributed by atoms with Gasteiger partial charge in [-0.1, -0.05) is 23.8 Å². The summed E-state index contributed by atoms with van der Waals surface area (Å²) in [5.41, 5.74) is 8.95. The van der Waals surface area contributed by atoms with Crippen molar-refractivity contribution in [2.24, 2.45) is 4.99 Å². The molecule has 8 heteroatoms. The lowest BCUT2D eigenvalue weighted by Crippen LogP contribution is -2.21. The fourth-order valence-corrected chi connectivity index (χ4v) is 2.53. The van der Waals surface area contributed by atoms with Crippen molar-refractivity contribution in [2.75, 3.05) is 16.2 Å². The Morgan fingerprint density at radius 2 is 1.55 bits per heavy atom. The number of hydrogen-bond donors (Lipinski definition) is 1. The summed E-state index contributed by atoms with van der Waals surface area (Å²) in [5, 5.41) is 25.2. The molecule has 3 rings (SSSR count). The molecule has 0 aromatic heterocycles. The Morgan fingerprint density at radius 1 is 0.862 bits per heavy atom. The highest BCUT2D eigenvalue weighted by molar-refractivity contribution is 5.70. The van der Waals surface area contributed by atoms with E-state index in [4.69, 9.17) is 15.4 Å². The van der Waals surface area contributed by atoms with Gasteiger partial charge < -0.3 is 25.8 Å². The third kappa shape index (κ3) is 4.75. The number of benzene rings is 3. The number of nitrogen functional groups attached to an aromatic ring is 1. The Morgan fingerprint density at radius 3 is 2.21 bits per heavy atom. The summed E-state index contributed by atoms with van der Waals surface area (Å²) >= 11 is 0. The van der Waals surface area contributed by atoms with Crippen molar-refractivity contribution in [1.82, 2.24) is 0 Å². The van der Waals surface area contributed by atoms with E-state index < -0.39 is 0 Å². The molecule has 0 fully saturated rings. The normalized spacial score (nSPS) is 10.3. The number of anilines is 3. The zero-order valence-corrected chi connectivity index (χ0v) is 16.0. The maximum atomic E-state index is 12.4. The van der Waals surface area contributed by atoms with Crippen LogP contribution in [0.3, 0.4) is 0 Å². The number of nitrogens with zero attached hydrogens (tertiary/aromatic N) is 3. The van der Waals surface area contributed by atoms with E-state index in [0.717, 1.165) is 11.1 Å². The van der Waals surface area contributed by atoms with Crippen LogP contribution in [-0.4, -0.2) is 6.72 Å². The van der Waals surface area contributed by atoms with Crippen LogP contribution in [0.4, 0.5) is 22.7 Å². The molecule has 0 saturated carbocycles. The molecule has 0 bridgehead atoms. The second-order valence-corrected chi connectivity index (χ2v) is 6.38. The summed E-state index contributed by atoms with van der Waals surface area (Å²) in [6.45, 7) is 7.26. The van der Waals surface area contributed by atoms with Crippen LogP contribution in [-0.2, 0) is 0 Å². The fraction of sp³-hybridized carbons (Fsp3) is 0.0952. The van der Waals surface area contributed by atoms with Crippen LogP contribution in [0.2, 0.25) is 0 Å². The van der Waals surface area contributed by atoms with Gasteiger partial charge in [-0.15, -0.1) is 0 Å². The molecule has 0 radical (unpaired) electrons.